The van der Waals surface area contributed by atoms with Gasteiger partial charge in [-0.05, 0) is 23.6 Å². The Morgan fingerprint density at radius 2 is 1.77 bits per heavy atom. The first kappa shape index (κ1) is 20.1. The van der Waals surface area contributed by atoms with Crippen molar-refractivity contribution in [2.75, 3.05) is 5.43 Å². The van der Waals surface area contributed by atoms with Crippen LogP contribution in [0.3, 0.4) is 0 Å². The summed E-state index contributed by atoms with van der Waals surface area (Å²) in [6, 6.07) is 19.8. The molecule has 31 heavy (non-hydrogen) atoms. The predicted octanol–water partition coefficient (Wildman–Crippen LogP) is 2.78. The first-order valence-corrected chi connectivity index (χ1v) is 9.88. The summed E-state index contributed by atoms with van der Waals surface area (Å²) in [6.45, 7) is 0.500. The van der Waals surface area contributed by atoms with Gasteiger partial charge in [0.1, 0.15) is 0 Å². The number of benzene rings is 2. The van der Waals surface area contributed by atoms with E-state index in [1.807, 2.05) is 72.8 Å². The van der Waals surface area contributed by atoms with Gasteiger partial charge < -0.3 is 4.57 Å². The fourth-order valence-corrected chi connectivity index (χ4v) is 3.28. The van der Waals surface area contributed by atoms with Gasteiger partial charge in [-0.3, -0.25) is 14.3 Å². The molecule has 2 aromatic carbocycles. The van der Waals surface area contributed by atoms with Crippen molar-refractivity contribution in [3.63, 3.8) is 0 Å². The van der Waals surface area contributed by atoms with Crippen LogP contribution in [0, 0.1) is 0 Å². The maximum atomic E-state index is 12.5. The molecule has 0 bridgehead atoms. The molecule has 0 atom stereocenters. The zero-order valence-electron chi connectivity index (χ0n) is 17.0. The Labute approximate surface area is 178 Å². The third-order valence-electron chi connectivity index (χ3n) is 4.89. The lowest BCUT2D eigenvalue weighted by atomic mass is 10.1. The van der Waals surface area contributed by atoms with E-state index in [9.17, 15) is 9.59 Å². The number of imidazole rings is 1. The second-order valence-electron chi connectivity index (χ2n) is 6.97. The molecule has 0 spiro atoms. The average molecular weight is 414 g/mol. The quantitative estimate of drug-likeness (QED) is 0.359. The van der Waals surface area contributed by atoms with Gasteiger partial charge in [0.25, 0.3) is 5.56 Å². The molecule has 0 unspecified atom stereocenters. The summed E-state index contributed by atoms with van der Waals surface area (Å²) in [5.74, 6) is 0.391. The lowest BCUT2D eigenvalue weighted by Gasteiger charge is -2.08. The fraction of sp³-hybridized carbons (Fsp3) is 0.130. The number of aromatic amines is 1. The third-order valence-corrected chi connectivity index (χ3v) is 4.89. The molecule has 0 saturated carbocycles. The van der Waals surface area contributed by atoms with E-state index in [-0.39, 0.29) is 0 Å². The number of hydrazone groups is 1. The van der Waals surface area contributed by atoms with Crippen LogP contribution in [0.25, 0.3) is 17.2 Å². The normalized spacial score (nSPS) is 11.6. The Bertz CT molecular complexity index is 1350. The Hall–Kier alpha value is -4.20. The molecule has 0 amide bonds. The summed E-state index contributed by atoms with van der Waals surface area (Å²) in [6.07, 6.45) is 6.04. The molecular weight excluding hydrogens is 392 g/mol. The molecule has 2 aromatic heterocycles. The van der Waals surface area contributed by atoms with Gasteiger partial charge in [-0.25, -0.2) is 10.2 Å². The third kappa shape index (κ3) is 4.53. The van der Waals surface area contributed by atoms with Crippen molar-refractivity contribution in [1.82, 2.24) is 19.1 Å². The van der Waals surface area contributed by atoms with Crippen LogP contribution in [-0.4, -0.2) is 25.3 Å². The fourth-order valence-electron chi connectivity index (χ4n) is 3.28. The number of aromatic nitrogens is 4. The smallest absolute Gasteiger partial charge is 0.303 e. The van der Waals surface area contributed by atoms with E-state index in [0.29, 0.717) is 30.1 Å². The van der Waals surface area contributed by atoms with Gasteiger partial charge >= 0.3 is 5.69 Å². The molecule has 0 radical (unpaired) electrons. The van der Waals surface area contributed by atoms with Crippen LogP contribution in [0.15, 0.2) is 81.4 Å². The number of fused-ring (bicyclic) bond motifs is 1. The first-order valence-electron chi connectivity index (χ1n) is 9.88. The number of rotatable bonds is 7. The van der Waals surface area contributed by atoms with Crippen molar-refractivity contribution in [3.8, 4) is 0 Å². The molecule has 2 N–H and O–H groups in total. The van der Waals surface area contributed by atoms with E-state index in [1.165, 1.54) is 4.57 Å². The van der Waals surface area contributed by atoms with Gasteiger partial charge in [-0.1, -0.05) is 66.7 Å². The van der Waals surface area contributed by atoms with Crippen LogP contribution >= 0.6 is 0 Å². The minimum absolute atomic E-state index is 0.305. The molecule has 0 aliphatic heterocycles. The maximum Gasteiger partial charge on any atom is 0.329 e. The van der Waals surface area contributed by atoms with E-state index < -0.39 is 11.2 Å². The van der Waals surface area contributed by atoms with Crippen LogP contribution in [-0.2, 0) is 20.0 Å². The predicted molar refractivity (Wildman–Crippen MR) is 123 cm³/mol. The summed E-state index contributed by atoms with van der Waals surface area (Å²) < 4.78 is 3.07. The van der Waals surface area contributed by atoms with Gasteiger partial charge in [0.15, 0.2) is 11.2 Å². The Balaban J connectivity index is 1.63. The Morgan fingerprint density at radius 1 is 1.06 bits per heavy atom. The van der Waals surface area contributed by atoms with E-state index in [1.54, 1.807) is 17.8 Å². The monoisotopic (exact) mass is 414 g/mol. The van der Waals surface area contributed by atoms with Crippen LogP contribution in [0.5, 0.6) is 0 Å². The first-order chi connectivity index (χ1) is 15.1. The molecule has 4 rings (SSSR count). The van der Waals surface area contributed by atoms with Crippen LogP contribution < -0.4 is 16.7 Å². The van der Waals surface area contributed by atoms with Crippen molar-refractivity contribution < 1.29 is 0 Å². The van der Waals surface area contributed by atoms with E-state index in [0.717, 1.165) is 11.1 Å². The molecule has 0 saturated heterocycles. The van der Waals surface area contributed by atoms with Gasteiger partial charge in [0.2, 0.25) is 5.95 Å². The number of allylic oxidation sites excluding steroid dienone is 1. The molecule has 8 nitrogen and oxygen atoms in total. The zero-order valence-corrected chi connectivity index (χ0v) is 17.0. The van der Waals surface area contributed by atoms with E-state index in [2.05, 4.69) is 20.5 Å². The number of nitrogens with zero attached hydrogens (tertiary/aromatic N) is 4. The van der Waals surface area contributed by atoms with E-state index >= 15 is 0 Å². The zero-order chi connectivity index (χ0) is 21.6. The lowest BCUT2D eigenvalue weighted by Crippen LogP contribution is -2.29. The molecular formula is C23H22N6O2. The second-order valence-corrected chi connectivity index (χ2v) is 6.97. The molecule has 0 fully saturated rings. The number of aryl methyl sites for hydroxylation is 3. The Morgan fingerprint density at radius 3 is 2.52 bits per heavy atom. The molecule has 8 heteroatoms. The SMILES string of the molecule is Cn1c(=O)[nH]c(=O)c2c1nc(N/N=C\C=C\c1ccccc1)n2CCc1ccccc1. The van der Waals surface area contributed by atoms with Crippen LogP contribution in [0.2, 0.25) is 0 Å². The molecule has 2 heterocycles. The molecule has 0 aliphatic carbocycles. The Kier molecular flexibility index (Phi) is 5.89. The second kappa shape index (κ2) is 9.08. The number of H-pyrrole nitrogens is 1. The standard InChI is InChI=1S/C23H22N6O2/c1-28-20-19(21(30)26-23(28)31)29(16-14-18-11-6-3-7-12-18)22(25-20)27-24-15-8-13-17-9-4-2-5-10-17/h2-13,15H,14,16H2,1H3,(H,25,27)(H,26,30,31)/b13-8+,24-15-. The van der Waals surface area contributed by atoms with Crippen molar-refractivity contribution in [3.05, 3.63) is 98.7 Å². The van der Waals surface area contributed by atoms with Gasteiger partial charge in [-0.2, -0.15) is 10.1 Å². The topological polar surface area (TPSA) is 97.1 Å². The van der Waals surface area contributed by atoms with Crippen molar-refractivity contribution in [2.24, 2.45) is 12.1 Å². The highest BCUT2D eigenvalue weighted by molar-refractivity contribution is 5.79. The van der Waals surface area contributed by atoms with Gasteiger partial charge in [-0.15, -0.1) is 0 Å². The van der Waals surface area contributed by atoms with Crippen molar-refractivity contribution in [1.29, 1.82) is 0 Å². The summed E-state index contributed by atoms with van der Waals surface area (Å²) >= 11 is 0. The largest absolute Gasteiger partial charge is 0.329 e. The average Bonchev–Trinajstić information content (AvgIpc) is 3.16. The van der Waals surface area contributed by atoms with Crippen LogP contribution in [0.1, 0.15) is 11.1 Å². The lowest BCUT2D eigenvalue weighted by molar-refractivity contribution is 0.716. The van der Waals surface area contributed by atoms with Crippen molar-refractivity contribution >= 4 is 29.4 Å². The number of anilines is 1. The minimum atomic E-state index is -0.508. The van der Waals surface area contributed by atoms with Crippen LogP contribution in [0.4, 0.5) is 5.95 Å². The summed E-state index contributed by atoms with van der Waals surface area (Å²) in [5, 5.41) is 4.20. The maximum absolute atomic E-state index is 12.5. The number of hydrogen-bond donors (Lipinski definition) is 2. The number of hydrogen-bond acceptors (Lipinski definition) is 5. The summed E-state index contributed by atoms with van der Waals surface area (Å²) in [4.78, 5) is 31.3. The highest BCUT2D eigenvalue weighted by Crippen LogP contribution is 2.16. The van der Waals surface area contributed by atoms with Gasteiger partial charge in [0.05, 0.1) is 0 Å². The summed E-state index contributed by atoms with van der Waals surface area (Å²) in [5.41, 5.74) is 4.75. The molecule has 0 aliphatic rings. The van der Waals surface area contributed by atoms with Gasteiger partial charge in [0, 0.05) is 19.8 Å². The molecule has 4 aromatic rings. The molecule has 156 valence electrons. The highest BCUT2D eigenvalue weighted by Gasteiger charge is 2.17. The summed E-state index contributed by atoms with van der Waals surface area (Å²) in [7, 11) is 1.57. The highest BCUT2D eigenvalue weighted by atomic mass is 16.2. The van der Waals surface area contributed by atoms with E-state index in [4.69, 9.17) is 0 Å². The number of nitrogens with one attached hydrogen (secondary N) is 2. The van der Waals surface area contributed by atoms with Crippen molar-refractivity contribution in [2.45, 2.75) is 13.0 Å². The minimum Gasteiger partial charge on any atom is -0.303 e.